The Morgan fingerprint density at radius 2 is 1.61 bits per heavy atom. The molecule has 86 valence electrons. The highest BCUT2D eigenvalue weighted by atomic mass is 16.4. The van der Waals surface area contributed by atoms with E-state index >= 15 is 0 Å². The van der Waals surface area contributed by atoms with Crippen LogP contribution in [0.3, 0.4) is 0 Å². The molecule has 1 nitrogen and oxygen atoms in total. The number of rotatable bonds is 1. The van der Waals surface area contributed by atoms with Gasteiger partial charge in [0.05, 0.1) is 6.10 Å². The minimum atomic E-state index is 0.0805. The Bertz CT molecular complexity index is 637. The zero-order chi connectivity index (χ0) is 12.4. The molecule has 0 aromatic heterocycles. The van der Waals surface area contributed by atoms with E-state index in [1.807, 2.05) is 18.2 Å². The minimum absolute atomic E-state index is 0.0805. The quantitative estimate of drug-likeness (QED) is 0.541. The molecule has 2 aromatic rings. The summed E-state index contributed by atoms with van der Waals surface area (Å²) in [6, 6.07) is 16.5. The molecule has 18 heavy (non-hydrogen) atoms. The second-order valence-electron chi connectivity index (χ2n) is 4.42. The van der Waals surface area contributed by atoms with E-state index in [-0.39, 0.29) is 6.10 Å². The molecule has 0 amide bonds. The van der Waals surface area contributed by atoms with Gasteiger partial charge >= 0.3 is 0 Å². The molecule has 0 saturated heterocycles. The first-order valence-electron chi connectivity index (χ1n) is 6.10. The summed E-state index contributed by atoms with van der Waals surface area (Å²) < 4.78 is 5.64. The highest BCUT2D eigenvalue weighted by molar-refractivity contribution is 5.98. The zero-order valence-corrected chi connectivity index (χ0v) is 10.3. The molecular weight excluding hydrogens is 219 g/mol. The van der Waals surface area contributed by atoms with Crippen LogP contribution in [0, 0.1) is 11.8 Å². The van der Waals surface area contributed by atoms with E-state index in [0.717, 1.165) is 17.5 Å². The van der Waals surface area contributed by atoms with E-state index in [9.17, 15) is 0 Å². The highest BCUT2D eigenvalue weighted by Gasteiger charge is 2.16. The van der Waals surface area contributed by atoms with Crippen molar-refractivity contribution in [1.29, 1.82) is 0 Å². The first kappa shape index (κ1) is 11.1. The maximum Gasteiger partial charge on any atom is 0.258 e. The lowest BCUT2D eigenvalue weighted by Gasteiger charge is -2.20. The average Bonchev–Trinajstić information content (AvgIpc) is 2.41. The van der Waals surface area contributed by atoms with Gasteiger partial charge in [-0.3, -0.25) is 0 Å². The second kappa shape index (κ2) is 4.72. The Hall–Kier alpha value is -1.98. The average molecular weight is 232 g/mol. The van der Waals surface area contributed by atoms with Crippen LogP contribution in [0.15, 0.2) is 48.5 Å². The maximum atomic E-state index is 5.64. The van der Waals surface area contributed by atoms with Crippen molar-refractivity contribution in [2.45, 2.75) is 12.5 Å². The van der Waals surface area contributed by atoms with Crippen LogP contribution in [0.2, 0.25) is 0 Å². The van der Waals surface area contributed by atoms with Gasteiger partial charge in [0.2, 0.25) is 0 Å². The van der Waals surface area contributed by atoms with Crippen molar-refractivity contribution in [2.24, 2.45) is 0 Å². The molecule has 1 aliphatic rings. The molecule has 0 radical (unpaired) electrons. The largest absolute Gasteiger partial charge is 0.437 e. The van der Waals surface area contributed by atoms with Crippen molar-refractivity contribution in [3.8, 4) is 11.8 Å². The van der Waals surface area contributed by atoms with Gasteiger partial charge in [-0.05, 0) is 23.3 Å². The second-order valence-corrected chi connectivity index (χ2v) is 4.42. The zero-order valence-electron chi connectivity index (χ0n) is 10.3. The topological polar surface area (TPSA) is 9.23 Å². The summed E-state index contributed by atoms with van der Waals surface area (Å²) in [5.74, 6) is 6.52. The van der Waals surface area contributed by atoms with Gasteiger partial charge in [-0.2, -0.15) is 0 Å². The SMILES string of the molecule is BOC1Cc2ccccc2C#Cc2ccccc21. The molecule has 2 heteroatoms. The van der Waals surface area contributed by atoms with Gasteiger partial charge in [-0.1, -0.05) is 48.2 Å². The maximum absolute atomic E-state index is 5.64. The van der Waals surface area contributed by atoms with Gasteiger partial charge in [-0.15, -0.1) is 0 Å². The lowest BCUT2D eigenvalue weighted by Crippen LogP contribution is -2.10. The molecule has 0 spiro atoms. The van der Waals surface area contributed by atoms with Crippen LogP contribution in [0.4, 0.5) is 0 Å². The van der Waals surface area contributed by atoms with Crippen molar-refractivity contribution in [3.63, 3.8) is 0 Å². The van der Waals surface area contributed by atoms with Gasteiger partial charge in [-0.25, -0.2) is 0 Å². The highest BCUT2D eigenvalue weighted by Crippen LogP contribution is 2.27. The summed E-state index contributed by atoms with van der Waals surface area (Å²) in [4.78, 5) is 0. The molecule has 2 aromatic carbocycles. The molecule has 0 saturated carbocycles. The van der Waals surface area contributed by atoms with Crippen molar-refractivity contribution in [1.82, 2.24) is 0 Å². The Balaban J connectivity index is 2.19. The number of fused-ring (bicyclic) bond motifs is 2. The summed E-state index contributed by atoms with van der Waals surface area (Å²) in [6.45, 7) is 0. The standard InChI is InChI=1S/C16H13BO/c17-18-16-11-14-7-2-1-5-12(14)9-10-13-6-3-4-8-15(13)16/h1-8,16H,11,17H2. The van der Waals surface area contributed by atoms with Crippen molar-refractivity contribution >= 4 is 8.05 Å². The van der Waals surface area contributed by atoms with Crippen LogP contribution in [0.5, 0.6) is 0 Å². The predicted molar refractivity (Wildman–Crippen MR) is 74.9 cm³/mol. The van der Waals surface area contributed by atoms with E-state index in [4.69, 9.17) is 4.65 Å². The lowest BCUT2D eigenvalue weighted by molar-refractivity contribution is 0.227. The van der Waals surface area contributed by atoms with Crippen LogP contribution in [-0.4, -0.2) is 8.05 Å². The van der Waals surface area contributed by atoms with E-state index in [1.54, 1.807) is 8.05 Å². The van der Waals surface area contributed by atoms with Crippen LogP contribution >= 0.6 is 0 Å². The Kier molecular flexibility index (Phi) is 2.92. The van der Waals surface area contributed by atoms with Crippen LogP contribution < -0.4 is 0 Å². The van der Waals surface area contributed by atoms with E-state index in [0.29, 0.717) is 0 Å². The van der Waals surface area contributed by atoms with E-state index in [2.05, 4.69) is 42.2 Å². The summed E-state index contributed by atoms with van der Waals surface area (Å²) >= 11 is 0. The van der Waals surface area contributed by atoms with Crippen LogP contribution in [0.25, 0.3) is 0 Å². The number of benzene rings is 2. The van der Waals surface area contributed by atoms with Crippen LogP contribution in [0.1, 0.15) is 28.4 Å². The van der Waals surface area contributed by atoms with Crippen molar-refractivity contribution < 1.29 is 4.65 Å². The predicted octanol–water partition coefficient (Wildman–Crippen LogP) is 2.25. The fourth-order valence-electron chi connectivity index (χ4n) is 2.37. The molecule has 0 fully saturated rings. The summed E-state index contributed by atoms with van der Waals surface area (Å²) in [6.07, 6.45) is 0.954. The molecule has 1 unspecified atom stereocenters. The van der Waals surface area contributed by atoms with Gasteiger partial charge in [0.1, 0.15) is 0 Å². The number of hydrogen-bond donors (Lipinski definition) is 0. The molecule has 1 atom stereocenters. The Labute approximate surface area is 108 Å². The monoisotopic (exact) mass is 232 g/mol. The molecule has 1 aliphatic carbocycles. The molecule has 0 heterocycles. The molecule has 0 aliphatic heterocycles. The third kappa shape index (κ3) is 1.94. The fourth-order valence-corrected chi connectivity index (χ4v) is 2.37. The summed E-state index contributed by atoms with van der Waals surface area (Å²) in [5.41, 5.74) is 4.61. The Morgan fingerprint density at radius 3 is 2.44 bits per heavy atom. The molecule has 0 bridgehead atoms. The normalized spacial score (nSPS) is 16.6. The smallest absolute Gasteiger partial charge is 0.258 e. The first-order chi connectivity index (χ1) is 8.88. The molecular formula is C16H13BO. The van der Waals surface area contributed by atoms with Crippen molar-refractivity contribution in [2.75, 3.05) is 0 Å². The van der Waals surface area contributed by atoms with Gasteiger partial charge in [0.25, 0.3) is 8.05 Å². The summed E-state index contributed by atoms with van der Waals surface area (Å²) in [5, 5.41) is 0. The molecule has 3 rings (SSSR count). The van der Waals surface area contributed by atoms with E-state index < -0.39 is 0 Å². The van der Waals surface area contributed by atoms with Gasteiger partial charge in [0, 0.05) is 17.5 Å². The number of hydrogen-bond acceptors (Lipinski definition) is 1. The molecule has 0 N–H and O–H groups in total. The summed E-state index contributed by atoms with van der Waals surface area (Å²) in [7, 11) is 1.76. The van der Waals surface area contributed by atoms with E-state index in [1.165, 1.54) is 11.1 Å². The fraction of sp³-hybridized carbons (Fsp3) is 0.125. The Morgan fingerprint density at radius 1 is 0.944 bits per heavy atom. The minimum Gasteiger partial charge on any atom is -0.437 e. The van der Waals surface area contributed by atoms with Gasteiger partial charge in [0.15, 0.2) is 0 Å². The van der Waals surface area contributed by atoms with Crippen LogP contribution in [-0.2, 0) is 11.1 Å². The third-order valence-corrected chi connectivity index (χ3v) is 3.35. The van der Waals surface area contributed by atoms with Gasteiger partial charge < -0.3 is 4.65 Å². The van der Waals surface area contributed by atoms with Crippen molar-refractivity contribution in [3.05, 3.63) is 70.8 Å². The third-order valence-electron chi connectivity index (χ3n) is 3.35. The lowest BCUT2D eigenvalue weighted by atomic mass is 9.92. The first-order valence-corrected chi connectivity index (χ1v) is 6.10.